The highest BCUT2D eigenvalue weighted by atomic mass is 16.2. The van der Waals surface area contributed by atoms with Crippen LogP contribution in [-0.4, -0.2) is 24.3 Å². The molecular weight excluding hydrogens is 368 g/mol. The molecule has 7 nitrogen and oxygen atoms in total. The third-order valence-corrected chi connectivity index (χ3v) is 4.20. The Morgan fingerprint density at radius 2 is 1.66 bits per heavy atom. The van der Waals surface area contributed by atoms with Gasteiger partial charge in [0.25, 0.3) is 11.8 Å². The van der Waals surface area contributed by atoms with E-state index in [0.717, 1.165) is 16.8 Å². The van der Waals surface area contributed by atoms with Crippen LogP contribution in [0.15, 0.2) is 42.5 Å². The zero-order valence-corrected chi connectivity index (χ0v) is 17.5. The van der Waals surface area contributed by atoms with Gasteiger partial charge in [-0.15, -0.1) is 0 Å². The number of amides is 3. The summed E-state index contributed by atoms with van der Waals surface area (Å²) in [5, 5.41) is 5.81. The first-order valence-electron chi connectivity index (χ1n) is 9.38. The second-order valence-electron chi connectivity index (χ2n) is 7.96. The van der Waals surface area contributed by atoms with E-state index in [4.69, 9.17) is 0 Å². The third-order valence-electron chi connectivity index (χ3n) is 4.20. The first kappa shape index (κ1) is 21.9. The minimum atomic E-state index is -0.547. The van der Waals surface area contributed by atoms with Crippen molar-refractivity contribution in [2.24, 2.45) is 5.41 Å². The van der Waals surface area contributed by atoms with Crippen LogP contribution in [0.1, 0.15) is 42.3 Å². The topological polar surface area (TPSA) is 99.3 Å². The van der Waals surface area contributed by atoms with Gasteiger partial charge in [0.15, 0.2) is 0 Å². The molecule has 0 aliphatic carbocycles. The number of benzene rings is 2. The van der Waals surface area contributed by atoms with Crippen LogP contribution in [0.4, 0.5) is 11.4 Å². The SMILES string of the molecule is Cc1ccc(NCC(=O)NNC(=O)c2cccc(NC(=O)C(C)(C)C)c2)c(C)c1. The van der Waals surface area contributed by atoms with E-state index in [9.17, 15) is 14.4 Å². The molecule has 2 rings (SSSR count). The summed E-state index contributed by atoms with van der Waals surface area (Å²) in [7, 11) is 0. The fourth-order valence-electron chi connectivity index (χ4n) is 2.49. The number of rotatable bonds is 5. The van der Waals surface area contributed by atoms with Crippen LogP contribution >= 0.6 is 0 Å². The number of anilines is 2. The second kappa shape index (κ2) is 9.23. The van der Waals surface area contributed by atoms with Crippen molar-refractivity contribution in [1.82, 2.24) is 10.9 Å². The maximum absolute atomic E-state index is 12.3. The molecule has 0 saturated carbocycles. The van der Waals surface area contributed by atoms with Gasteiger partial charge in [-0.05, 0) is 43.7 Å². The van der Waals surface area contributed by atoms with E-state index in [-0.39, 0.29) is 18.4 Å². The van der Waals surface area contributed by atoms with Gasteiger partial charge in [-0.2, -0.15) is 0 Å². The number of nitrogens with one attached hydrogen (secondary N) is 4. The van der Waals surface area contributed by atoms with Crippen LogP contribution in [-0.2, 0) is 9.59 Å². The monoisotopic (exact) mass is 396 g/mol. The maximum atomic E-state index is 12.3. The quantitative estimate of drug-likeness (QED) is 0.584. The van der Waals surface area contributed by atoms with Crippen LogP contribution in [0.5, 0.6) is 0 Å². The lowest BCUT2D eigenvalue weighted by atomic mass is 9.95. The van der Waals surface area contributed by atoms with E-state index in [0.29, 0.717) is 11.3 Å². The lowest BCUT2D eigenvalue weighted by molar-refractivity contribution is -0.123. The van der Waals surface area contributed by atoms with Crippen LogP contribution in [0.25, 0.3) is 0 Å². The molecule has 2 aromatic carbocycles. The molecule has 0 aromatic heterocycles. The Morgan fingerprint density at radius 1 is 0.931 bits per heavy atom. The lowest BCUT2D eigenvalue weighted by Gasteiger charge is -2.18. The van der Waals surface area contributed by atoms with Crippen LogP contribution in [0, 0.1) is 19.3 Å². The maximum Gasteiger partial charge on any atom is 0.269 e. The fourth-order valence-corrected chi connectivity index (χ4v) is 2.49. The Balaban J connectivity index is 1.87. The number of hydrazine groups is 1. The van der Waals surface area contributed by atoms with Crippen LogP contribution in [0.3, 0.4) is 0 Å². The van der Waals surface area contributed by atoms with E-state index >= 15 is 0 Å². The molecule has 154 valence electrons. The summed E-state index contributed by atoms with van der Waals surface area (Å²) in [5.74, 6) is -1.01. The molecule has 0 fully saturated rings. The van der Waals surface area contributed by atoms with Crippen molar-refractivity contribution in [3.63, 3.8) is 0 Å². The average Bonchev–Trinajstić information content (AvgIpc) is 2.64. The smallest absolute Gasteiger partial charge is 0.269 e. The summed E-state index contributed by atoms with van der Waals surface area (Å²) < 4.78 is 0. The highest BCUT2D eigenvalue weighted by molar-refractivity contribution is 5.99. The van der Waals surface area contributed by atoms with E-state index in [1.54, 1.807) is 45.0 Å². The molecule has 29 heavy (non-hydrogen) atoms. The van der Waals surface area contributed by atoms with Gasteiger partial charge < -0.3 is 10.6 Å². The van der Waals surface area contributed by atoms with E-state index in [2.05, 4.69) is 21.5 Å². The third kappa shape index (κ3) is 6.64. The second-order valence-corrected chi connectivity index (χ2v) is 7.96. The van der Waals surface area contributed by atoms with Crippen LogP contribution < -0.4 is 21.5 Å². The summed E-state index contributed by atoms with van der Waals surface area (Å²) in [6, 6.07) is 12.4. The Morgan fingerprint density at radius 3 is 2.31 bits per heavy atom. The zero-order valence-electron chi connectivity index (χ0n) is 17.5. The van der Waals surface area contributed by atoms with Gasteiger partial charge in [0, 0.05) is 22.4 Å². The van der Waals surface area contributed by atoms with Gasteiger partial charge in [0.1, 0.15) is 0 Å². The fraction of sp³-hybridized carbons (Fsp3) is 0.318. The number of hydrogen-bond acceptors (Lipinski definition) is 4. The molecule has 0 aliphatic rings. The number of hydrogen-bond donors (Lipinski definition) is 4. The zero-order chi connectivity index (χ0) is 21.6. The predicted molar refractivity (Wildman–Crippen MR) is 115 cm³/mol. The van der Waals surface area contributed by atoms with Gasteiger partial charge in [0.05, 0.1) is 6.54 Å². The highest BCUT2D eigenvalue weighted by Gasteiger charge is 2.21. The summed E-state index contributed by atoms with van der Waals surface area (Å²) in [6.45, 7) is 9.40. The van der Waals surface area contributed by atoms with Gasteiger partial charge in [0.2, 0.25) is 5.91 Å². The Bertz CT molecular complexity index is 917. The van der Waals surface area contributed by atoms with E-state index < -0.39 is 11.3 Å². The molecule has 0 unspecified atom stereocenters. The summed E-state index contributed by atoms with van der Waals surface area (Å²) in [5.41, 5.74) is 8.09. The molecule has 7 heteroatoms. The minimum Gasteiger partial charge on any atom is -0.376 e. The average molecular weight is 396 g/mol. The molecule has 4 N–H and O–H groups in total. The van der Waals surface area contributed by atoms with Crippen molar-refractivity contribution in [1.29, 1.82) is 0 Å². The van der Waals surface area contributed by atoms with Crippen molar-refractivity contribution < 1.29 is 14.4 Å². The molecule has 0 aliphatic heterocycles. The van der Waals surface area contributed by atoms with Gasteiger partial charge in [-0.3, -0.25) is 25.2 Å². The molecule has 0 heterocycles. The Hall–Kier alpha value is -3.35. The molecule has 0 saturated heterocycles. The summed E-state index contributed by atoms with van der Waals surface area (Å²) in [6.07, 6.45) is 0. The van der Waals surface area contributed by atoms with Crippen molar-refractivity contribution in [2.45, 2.75) is 34.6 Å². The molecule has 0 spiro atoms. The molecule has 3 amide bonds. The largest absolute Gasteiger partial charge is 0.376 e. The molecule has 2 aromatic rings. The first-order chi connectivity index (χ1) is 13.6. The highest BCUT2D eigenvalue weighted by Crippen LogP contribution is 2.18. The van der Waals surface area contributed by atoms with Gasteiger partial charge in [-0.25, -0.2) is 0 Å². The summed E-state index contributed by atoms with van der Waals surface area (Å²) >= 11 is 0. The number of carbonyl (C=O) groups excluding carboxylic acids is 3. The van der Waals surface area contributed by atoms with Crippen molar-refractivity contribution >= 4 is 29.1 Å². The van der Waals surface area contributed by atoms with Crippen molar-refractivity contribution in [2.75, 3.05) is 17.2 Å². The number of carbonyl (C=O) groups is 3. The first-order valence-corrected chi connectivity index (χ1v) is 9.38. The molecule has 0 atom stereocenters. The summed E-state index contributed by atoms with van der Waals surface area (Å²) in [4.78, 5) is 36.4. The molecule has 0 radical (unpaired) electrons. The van der Waals surface area contributed by atoms with Gasteiger partial charge >= 0.3 is 0 Å². The molecule has 0 bridgehead atoms. The van der Waals surface area contributed by atoms with E-state index in [1.165, 1.54) is 0 Å². The normalized spacial score (nSPS) is 10.8. The molecular formula is C22H28N4O3. The van der Waals surface area contributed by atoms with Crippen molar-refractivity contribution in [3.05, 3.63) is 59.2 Å². The lowest BCUT2D eigenvalue weighted by Crippen LogP contribution is -2.44. The van der Waals surface area contributed by atoms with Crippen LogP contribution in [0.2, 0.25) is 0 Å². The predicted octanol–water partition coefficient (Wildman–Crippen LogP) is 3.16. The van der Waals surface area contributed by atoms with Crippen molar-refractivity contribution in [3.8, 4) is 0 Å². The van der Waals surface area contributed by atoms with E-state index in [1.807, 2.05) is 32.0 Å². The minimum absolute atomic E-state index is 0.0197. The standard InChI is InChI=1S/C22H28N4O3/c1-14-9-10-18(15(2)11-14)23-13-19(27)25-26-20(28)16-7-6-8-17(12-16)24-21(29)22(3,4)5/h6-12,23H,13H2,1-5H3,(H,24,29)(H,25,27)(H,26,28). The Kier molecular flexibility index (Phi) is 6.98. The Labute approximate surface area is 171 Å². The number of aryl methyl sites for hydroxylation is 2. The van der Waals surface area contributed by atoms with Gasteiger partial charge in [-0.1, -0.05) is 44.5 Å².